The van der Waals surface area contributed by atoms with Crippen LogP contribution in [0.4, 0.5) is 11.5 Å². The van der Waals surface area contributed by atoms with Crippen LogP contribution in [0.15, 0.2) is 30.3 Å². The van der Waals surface area contributed by atoms with E-state index < -0.39 is 0 Å². The maximum absolute atomic E-state index is 12.4. The number of carbonyl (C=O) groups excluding carboxylic acids is 1. The standard InChI is InChI=1S/C18H24N4O/c1-5-6-10-22(4)17-12-16(19-14(3)20-17)18(23)21-15-9-7-8-13(2)11-15/h7-9,11-12H,5-6,10H2,1-4H3,(H,21,23). The van der Waals surface area contributed by atoms with Crippen molar-refractivity contribution in [3.63, 3.8) is 0 Å². The first-order valence-electron chi connectivity index (χ1n) is 7.94. The van der Waals surface area contributed by atoms with Gasteiger partial charge < -0.3 is 10.2 Å². The summed E-state index contributed by atoms with van der Waals surface area (Å²) in [6.45, 7) is 6.86. The van der Waals surface area contributed by atoms with Gasteiger partial charge in [-0.2, -0.15) is 0 Å². The highest BCUT2D eigenvalue weighted by molar-refractivity contribution is 6.03. The fourth-order valence-corrected chi connectivity index (χ4v) is 2.29. The summed E-state index contributed by atoms with van der Waals surface area (Å²) in [6, 6.07) is 9.45. The third-order valence-electron chi connectivity index (χ3n) is 3.57. The van der Waals surface area contributed by atoms with Gasteiger partial charge in [-0.25, -0.2) is 9.97 Å². The van der Waals surface area contributed by atoms with E-state index in [0.717, 1.165) is 36.5 Å². The van der Waals surface area contributed by atoms with Crippen LogP contribution in [-0.2, 0) is 0 Å². The number of amides is 1. The molecule has 2 aromatic rings. The predicted octanol–water partition coefficient (Wildman–Crippen LogP) is 3.58. The van der Waals surface area contributed by atoms with E-state index in [-0.39, 0.29) is 5.91 Å². The minimum absolute atomic E-state index is 0.216. The lowest BCUT2D eigenvalue weighted by Crippen LogP contribution is -2.22. The van der Waals surface area contributed by atoms with Gasteiger partial charge in [0.05, 0.1) is 0 Å². The Bertz CT molecular complexity index is 684. The van der Waals surface area contributed by atoms with Gasteiger partial charge in [-0.15, -0.1) is 0 Å². The lowest BCUT2D eigenvalue weighted by molar-refractivity contribution is 0.102. The zero-order valence-corrected chi connectivity index (χ0v) is 14.3. The van der Waals surface area contributed by atoms with E-state index in [0.29, 0.717) is 11.5 Å². The molecular weight excluding hydrogens is 288 g/mol. The van der Waals surface area contributed by atoms with Gasteiger partial charge in [0.25, 0.3) is 5.91 Å². The van der Waals surface area contributed by atoms with Crippen molar-refractivity contribution in [2.45, 2.75) is 33.6 Å². The zero-order valence-electron chi connectivity index (χ0n) is 14.3. The molecule has 0 atom stereocenters. The normalized spacial score (nSPS) is 10.4. The Labute approximate surface area is 137 Å². The van der Waals surface area contributed by atoms with E-state index in [4.69, 9.17) is 0 Å². The molecule has 1 heterocycles. The van der Waals surface area contributed by atoms with Gasteiger partial charge in [0.2, 0.25) is 0 Å². The number of aromatic nitrogens is 2. The molecule has 5 heteroatoms. The quantitative estimate of drug-likeness (QED) is 0.885. The SMILES string of the molecule is CCCCN(C)c1cc(C(=O)Nc2cccc(C)c2)nc(C)n1. The minimum atomic E-state index is -0.216. The second-order valence-electron chi connectivity index (χ2n) is 5.76. The molecule has 1 amide bonds. The summed E-state index contributed by atoms with van der Waals surface area (Å²) in [5, 5.41) is 2.89. The van der Waals surface area contributed by atoms with Crippen molar-refractivity contribution < 1.29 is 4.79 Å². The Hall–Kier alpha value is -2.43. The fraction of sp³-hybridized carbons (Fsp3) is 0.389. The van der Waals surface area contributed by atoms with Crippen LogP contribution in [0.5, 0.6) is 0 Å². The summed E-state index contributed by atoms with van der Waals surface area (Å²) in [5.41, 5.74) is 2.26. The average molecular weight is 312 g/mol. The molecule has 2 rings (SSSR count). The number of hydrogen-bond donors (Lipinski definition) is 1. The molecular formula is C18H24N4O. The van der Waals surface area contributed by atoms with E-state index in [1.54, 1.807) is 13.0 Å². The predicted molar refractivity (Wildman–Crippen MR) is 94.1 cm³/mol. The lowest BCUT2D eigenvalue weighted by Gasteiger charge is -2.18. The fourth-order valence-electron chi connectivity index (χ4n) is 2.29. The van der Waals surface area contributed by atoms with Crippen LogP contribution < -0.4 is 10.2 Å². The first kappa shape index (κ1) is 16.9. The molecule has 1 aromatic carbocycles. The topological polar surface area (TPSA) is 58.1 Å². The molecule has 0 saturated heterocycles. The summed E-state index contributed by atoms with van der Waals surface area (Å²) in [4.78, 5) is 23.2. The molecule has 0 fully saturated rings. The molecule has 0 aliphatic heterocycles. The molecule has 0 spiro atoms. The molecule has 122 valence electrons. The number of nitrogens with one attached hydrogen (secondary N) is 1. The molecule has 0 aliphatic carbocycles. The third-order valence-corrected chi connectivity index (χ3v) is 3.57. The molecule has 0 unspecified atom stereocenters. The van der Waals surface area contributed by atoms with Crippen molar-refractivity contribution in [1.29, 1.82) is 0 Å². The summed E-state index contributed by atoms with van der Waals surface area (Å²) < 4.78 is 0. The number of unbranched alkanes of at least 4 members (excludes halogenated alkanes) is 1. The van der Waals surface area contributed by atoms with Gasteiger partial charge in [0.15, 0.2) is 0 Å². The lowest BCUT2D eigenvalue weighted by atomic mass is 10.2. The van der Waals surface area contributed by atoms with E-state index in [9.17, 15) is 4.79 Å². The molecule has 0 saturated carbocycles. The number of benzene rings is 1. The van der Waals surface area contributed by atoms with Gasteiger partial charge >= 0.3 is 0 Å². The monoisotopic (exact) mass is 312 g/mol. The van der Waals surface area contributed by atoms with E-state index >= 15 is 0 Å². The van der Waals surface area contributed by atoms with Gasteiger partial charge in [-0.1, -0.05) is 25.5 Å². The zero-order chi connectivity index (χ0) is 16.8. The molecule has 23 heavy (non-hydrogen) atoms. The van der Waals surface area contributed by atoms with Crippen molar-refractivity contribution in [2.75, 3.05) is 23.8 Å². The van der Waals surface area contributed by atoms with Crippen LogP contribution in [-0.4, -0.2) is 29.5 Å². The second kappa shape index (κ2) is 7.72. The number of nitrogens with zero attached hydrogens (tertiary/aromatic N) is 3. The van der Waals surface area contributed by atoms with Gasteiger partial charge in [0.1, 0.15) is 17.3 Å². The highest BCUT2D eigenvalue weighted by atomic mass is 16.1. The Morgan fingerprint density at radius 3 is 2.70 bits per heavy atom. The minimum Gasteiger partial charge on any atom is -0.360 e. The van der Waals surface area contributed by atoms with Crippen molar-refractivity contribution in [3.05, 3.63) is 47.4 Å². The molecule has 5 nitrogen and oxygen atoms in total. The highest BCUT2D eigenvalue weighted by Crippen LogP contribution is 2.15. The molecule has 1 aromatic heterocycles. The van der Waals surface area contributed by atoms with Crippen LogP contribution in [0, 0.1) is 13.8 Å². The van der Waals surface area contributed by atoms with E-state index in [1.165, 1.54) is 0 Å². The highest BCUT2D eigenvalue weighted by Gasteiger charge is 2.13. The summed E-state index contributed by atoms with van der Waals surface area (Å²) in [7, 11) is 1.99. The van der Waals surface area contributed by atoms with Crippen LogP contribution in [0.3, 0.4) is 0 Å². The number of rotatable bonds is 6. The van der Waals surface area contributed by atoms with Crippen molar-refractivity contribution in [3.8, 4) is 0 Å². The van der Waals surface area contributed by atoms with Crippen LogP contribution >= 0.6 is 0 Å². The summed E-state index contributed by atoms with van der Waals surface area (Å²) >= 11 is 0. The van der Waals surface area contributed by atoms with E-state index in [2.05, 4.69) is 27.1 Å². The molecule has 1 N–H and O–H groups in total. The Balaban J connectivity index is 2.18. The Morgan fingerprint density at radius 1 is 1.22 bits per heavy atom. The number of carbonyl (C=O) groups is 1. The van der Waals surface area contributed by atoms with Crippen molar-refractivity contribution >= 4 is 17.4 Å². The maximum atomic E-state index is 12.4. The largest absolute Gasteiger partial charge is 0.360 e. The van der Waals surface area contributed by atoms with E-state index in [1.807, 2.05) is 38.2 Å². The second-order valence-corrected chi connectivity index (χ2v) is 5.76. The molecule has 0 radical (unpaired) electrons. The van der Waals surface area contributed by atoms with Crippen LogP contribution in [0.25, 0.3) is 0 Å². The van der Waals surface area contributed by atoms with Crippen molar-refractivity contribution in [2.24, 2.45) is 0 Å². The first-order chi connectivity index (χ1) is 11.0. The van der Waals surface area contributed by atoms with Crippen molar-refractivity contribution in [1.82, 2.24) is 9.97 Å². The average Bonchev–Trinajstić information content (AvgIpc) is 2.52. The van der Waals surface area contributed by atoms with Gasteiger partial charge in [-0.3, -0.25) is 4.79 Å². The molecule has 0 bridgehead atoms. The third kappa shape index (κ3) is 4.77. The van der Waals surface area contributed by atoms with Gasteiger partial charge in [-0.05, 0) is 38.0 Å². The van der Waals surface area contributed by atoms with Gasteiger partial charge in [0, 0.05) is 25.3 Å². The van der Waals surface area contributed by atoms with Crippen LogP contribution in [0.1, 0.15) is 41.6 Å². The smallest absolute Gasteiger partial charge is 0.274 e. The number of hydrogen-bond acceptors (Lipinski definition) is 4. The number of aryl methyl sites for hydroxylation is 2. The van der Waals surface area contributed by atoms with Crippen LogP contribution in [0.2, 0.25) is 0 Å². The first-order valence-corrected chi connectivity index (χ1v) is 7.94. The number of anilines is 2. The Kier molecular flexibility index (Phi) is 5.68. The molecule has 0 aliphatic rings. The summed E-state index contributed by atoms with van der Waals surface area (Å²) in [6.07, 6.45) is 2.21. The maximum Gasteiger partial charge on any atom is 0.274 e. The Morgan fingerprint density at radius 2 is 2.00 bits per heavy atom. The summed E-state index contributed by atoms with van der Waals surface area (Å²) in [5.74, 6) is 1.16.